The van der Waals surface area contributed by atoms with Gasteiger partial charge in [-0.3, -0.25) is 14.9 Å². The number of likely N-dealkylation sites (tertiary alicyclic amines) is 1. The molecule has 2 unspecified atom stereocenters. The van der Waals surface area contributed by atoms with Gasteiger partial charge in [0.1, 0.15) is 11.2 Å². The van der Waals surface area contributed by atoms with Crippen LogP contribution in [0.1, 0.15) is 29.8 Å². The Morgan fingerprint density at radius 2 is 2.00 bits per heavy atom. The van der Waals surface area contributed by atoms with Crippen molar-refractivity contribution in [3.8, 4) is 0 Å². The molecule has 7 nitrogen and oxygen atoms in total. The number of hydrogen-bond donors (Lipinski definition) is 2. The van der Waals surface area contributed by atoms with Crippen LogP contribution in [0.5, 0.6) is 0 Å². The molecule has 7 heteroatoms. The zero-order chi connectivity index (χ0) is 16.8. The van der Waals surface area contributed by atoms with E-state index >= 15 is 0 Å². The molecule has 0 spiro atoms. The number of nitro benzene ring substituents is 1. The summed E-state index contributed by atoms with van der Waals surface area (Å²) in [5.41, 5.74) is 0.717. The lowest BCUT2D eigenvalue weighted by Gasteiger charge is -2.44. The minimum absolute atomic E-state index is 0.0301. The van der Waals surface area contributed by atoms with E-state index in [1.807, 2.05) is 0 Å². The van der Waals surface area contributed by atoms with E-state index in [0.29, 0.717) is 29.7 Å². The number of H-pyrrole nitrogens is 1. The molecule has 1 aromatic carbocycles. The Kier molecular flexibility index (Phi) is 3.53. The van der Waals surface area contributed by atoms with Crippen molar-refractivity contribution in [2.45, 2.75) is 25.4 Å². The molecule has 2 aromatic rings. The number of carbonyl (C=O) groups excluding carboxylic acids is 1. The Labute approximate surface area is 138 Å². The van der Waals surface area contributed by atoms with Crippen LogP contribution in [0, 0.1) is 22.0 Å². The molecule has 2 aliphatic rings. The van der Waals surface area contributed by atoms with Crippen LogP contribution in [0.2, 0.25) is 0 Å². The number of carbonyl (C=O) groups is 1. The molecule has 2 fully saturated rings. The van der Waals surface area contributed by atoms with Crippen molar-refractivity contribution in [2.75, 3.05) is 13.1 Å². The Bertz CT molecular complexity index is 801. The number of nitrogens with one attached hydrogen (secondary N) is 1. The molecule has 1 aliphatic carbocycles. The fourth-order valence-corrected chi connectivity index (χ4v) is 4.15. The molecule has 2 heterocycles. The van der Waals surface area contributed by atoms with Crippen molar-refractivity contribution in [1.29, 1.82) is 0 Å². The van der Waals surface area contributed by atoms with Crippen LogP contribution in [0.4, 0.5) is 5.69 Å². The zero-order valence-corrected chi connectivity index (χ0v) is 13.1. The third kappa shape index (κ3) is 2.36. The van der Waals surface area contributed by atoms with Crippen molar-refractivity contribution in [1.82, 2.24) is 9.88 Å². The van der Waals surface area contributed by atoms with Crippen molar-refractivity contribution in [3.63, 3.8) is 0 Å². The number of amides is 1. The van der Waals surface area contributed by atoms with Gasteiger partial charge in [0, 0.05) is 36.4 Å². The van der Waals surface area contributed by atoms with E-state index < -0.39 is 4.92 Å². The van der Waals surface area contributed by atoms with E-state index in [2.05, 4.69) is 4.98 Å². The quantitative estimate of drug-likeness (QED) is 0.652. The van der Waals surface area contributed by atoms with Gasteiger partial charge in [-0.25, -0.2) is 0 Å². The second kappa shape index (κ2) is 5.59. The van der Waals surface area contributed by atoms with Crippen LogP contribution in [0.15, 0.2) is 24.3 Å². The number of aromatic amines is 1. The number of para-hydroxylation sites is 1. The molecule has 2 atom stereocenters. The van der Waals surface area contributed by atoms with E-state index in [4.69, 9.17) is 0 Å². The maximum absolute atomic E-state index is 12.8. The molecule has 1 aromatic heterocycles. The number of hydrogen-bond acceptors (Lipinski definition) is 4. The molecule has 1 aliphatic heterocycles. The topological polar surface area (TPSA) is 99.5 Å². The first kappa shape index (κ1) is 15.1. The third-order valence-corrected chi connectivity index (χ3v) is 5.37. The second-order valence-corrected chi connectivity index (χ2v) is 6.83. The summed E-state index contributed by atoms with van der Waals surface area (Å²) in [4.78, 5) is 28.2. The fraction of sp³-hybridized carbons (Fsp3) is 0.471. The molecule has 24 heavy (non-hydrogen) atoms. The molecular weight excluding hydrogens is 310 g/mol. The maximum atomic E-state index is 12.8. The number of aromatic nitrogens is 1. The van der Waals surface area contributed by atoms with Gasteiger partial charge in [-0.15, -0.1) is 0 Å². The van der Waals surface area contributed by atoms with Gasteiger partial charge in [0.05, 0.1) is 11.0 Å². The second-order valence-electron chi connectivity index (χ2n) is 6.83. The summed E-state index contributed by atoms with van der Waals surface area (Å²) >= 11 is 0. The molecular formula is C17H19N3O4. The average Bonchev–Trinajstić information content (AvgIpc) is 2.97. The Balaban J connectivity index is 1.64. The van der Waals surface area contributed by atoms with Gasteiger partial charge in [0.15, 0.2) is 0 Å². The van der Waals surface area contributed by atoms with Crippen LogP contribution < -0.4 is 0 Å². The zero-order valence-electron chi connectivity index (χ0n) is 13.1. The summed E-state index contributed by atoms with van der Waals surface area (Å²) in [5.74, 6) is 0.129. The number of aliphatic hydroxyl groups is 1. The van der Waals surface area contributed by atoms with Crippen LogP contribution >= 0.6 is 0 Å². The predicted molar refractivity (Wildman–Crippen MR) is 87.7 cm³/mol. The number of aliphatic hydroxyl groups excluding tert-OH is 1. The van der Waals surface area contributed by atoms with Gasteiger partial charge >= 0.3 is 0 Å². The molecule has 2 N–H and O–H groups in total. The van der Waals surface area contributed by atoms with Crippen molar-refractivity contribution >= 4 is 22.5 Å². The lowest BCUT2D eigenvalue weighted by Crippen LogP contribution is -2.53. The summed E-state index contributed by atoms with van der Waals surface area (Å²) in [6.07, 6.45) is 2.68. The Hall–Kier alpha value is -2.41. The summed E-state index contributed by atoms with van der Waals surface area (Å²) in [5, 5.41) is 22.0. The largest absolute Gasteiger partial charge is 0.392 e. The third-order valence-electron chi connectivity index (χ3n) is 5.37. The van der Waals surface area contributed by atoms with Crippen LogP contribution in [-0.4, -0.2) is 45.0 Å². The normalized spacial score (nSPS) is 26.5. The number of rotatable bonds is 2. The Morgan fingerprint density at radius 3 is 2.67 bits per heavy atom. The minimum atomic E-state index is -0.450. The first-order valence-corrected chi connectivity index (χ1v) is 8.28. The predicted octanol–water partition coefficient (Wildman–Crippen LogP) is 2.31. The highest BCUT2D eigenvalue weighted by atomic mass is 16.6. The highest BCUT2D eigenvalue weighted by molar-refractivity contribution is 6.00. The maximum Gasteiger partial charge on any atom is 0.293 e. The van der Waals surface area contributed by atoms with E-state index in [1.165, 1.54) is 6.07 Å². The summed E-state index contributed by atoms with van der Waals surface area (Å²) in [6, 6.07) is 6.47. The highest BCUT2D eigenvalue weighted by Gasteiger charge is 2.40. The fourth-order valence-electron chi connectivity index (χ4n) is 4.15. The number of nitrogens with zero attached hydrogens (tertiary/aromatic N) is 2. The number of nitro groups is 1. The van der Waals surface area contributed by atoms with Crippen LogP contribution in [-0.2, 0) is 0 Å². The molecule has 1 saturated heterocycles. The lowest BCUT2D eigenvalue weighted by atomic mass is 9.75. The van der Waals surface area contributed by atoms with E-state index in [0.717, 1.165) is 19.3 Å². The van der Waals surface area contributed by atoms with Gasteiger partial charge in [-0.2, -0.15) is 0 Å². The highest BCUT2D eigenvalue weighted by Crippen LogP contribution is 2.35. The van der Waals surface area contributed by atoms with Crippen molar-refractivity contribution in [2.24, 2.45) is 11.8 Å². The van der Waals surface area contributed by atoms with Gasteiger partial charge < -0.3 is 15.0 Å². The standard InChI is InChI=1S/C17H19N3O4/c21-16-11-4-1-5-12(16)9-19(8-11)17(22)13-7-10-3-2-6-14(20(23)24)15(10)18-13/h2-3,6-7,11-12,16,18,21H,1,4-5,8-9H2. The van der Waals surface area contributed by atoms with Crippen LogP contribution in [0.25, 0.3) is 10.9 Å². The SMILES string of the molecule is O=C(c1cc2cccc([N+](=O)[O-])c2[nH]1)N1CC2CCCC(C1)C2O. The number of benzene rings is 1. The summed E-state index contributed by atoms with van der Waals surface area (Å²) in [7, 11) is 0. The van der Waals surface area contributed by atoms with E-state index in [9.17, 15) is 20.0 Å². The van der Waals surface area contributed by atoms with Gasteiger partial charge in [0.25, 0.3) is 11.6 Å². The molecule has 4 rings (SSSR count). The first-order valence-electron chi connectivity index (χ1n) is 8.28. The Morgan fingerprint density at radius 1 is 1.29 bits per heavy atom. The molecule has 126 valence electrons. The van der Waals surface area contributed by atoms with Crippen molar-refractivity contribution < 1.29 is 14.8 Å². The van der Waals surface area contributed by atoms with Crippen LogP contribution in [0.3, 0.4) is 0 Å². The van der Waals surface area contributed by atoms with Gasteiger partial charge in [-0.1, -0.05) is 18.6 Å². The molecule has 1 amide bonds. The first-order chi connectivity index (χ1) is 11.5. The number of fused-ring (bicyclic) bond motifs is 3. The molecule has 1 saturated carbocycles. The minimum Gasteiger partial charge on any atom is -0.392 e. The summed E-state index contributed by atoms with van der Waals surface area (Å²) < 4.78 is 0. The average molecular weight is 329 g/mol. The molecule has 0 radical (unpaired) electrons. The van der Waals surface area contributed by atoms with Crippen molar-refractivity contribution in [3.05, 3.63) is 40.1 Å². The number of non-ortho nitro benzene ring substituents is 1. The van der Waals surface area contributed by atoms with E-state index in [-0.39, 0.29) is 29.5 Å². The monoisotopic (exact) mass is 329 g/mol. The lowest BCUT2D eigenvalue weighted by molar-refractivity contribution is -0.383. The smallest absolute Gasteiger partial charge is 0.293 e. The van der Waals surface area contributed by atoms with E-state index in [1.54, 1.807) is 23.1 Å². The number of piperidine rings is 1. The summed E-state index contributed by atoms with van der Waals surface area (Å²) in [6.45, 7) is 1.10. The molecule has 2 bridgehead atoms. The van der Waals surface area contributed by atoms with Gasteiger partial charge in [-0.05, 0) is 18.9 Å². The van der Waals surface area contributed by atoms with Gasteiger partial charge in [0.2, 0.25) is 0 Å².